The lowest BCUT2D eigenvalue weighted by molar-refractivity contribution is -0.152. The average molecular weight is 211 g/mol. The fraction of sp³-hybridized carbons (Fsp3) is 0.700. The van der Waals surface area contributed by atoms with Crippen molar-refractivity contribution in [2.45, 2.75) is 25.8 Å². The van der Waals surface area contributed by atoms with Gasteiger partial charge in [0.2, 0.25) is 5.78 Å². The van der Waals surface area contributed by atoms with E-state index in [9.17, 15) is 14.4 Å². The smallest absolute Gasteiger partial charge is 0.319 e. The van der Waals surface area contributed by atoms with Crippen LogP contribution >= 0.6 is 0 Å². The van der Waals surface area contributed by atoms with Gasteiger partial charge in [0.1, 0.15) is 5.92 Å². The van der Waals surface area contributed by atoms with Gasteiger partial charge in [0, 0.05) is 6.54 Å². The molecule has 1 amide bonds. The molecule has 0 aromatic carbocycles. The van der Waals surface area contributed by atoms with E-state index in [0.717, 1.165) is 12.8 Å². The molecule has 2 unspecified atom stereocenters. The molecular weight excluding hydrogens is 198 g/mol. The zero-order chi connectivity index (χ0) is 11.0. The van der Waals surface area contributed by atoms with Gasteiger partial charge in [-0.1, -0.05) is 0 Å². The third kappa shape index (κ3) is 1.42. The number of carbonyl (C=O) groups is 3. The number of carbonyl (C=O) groups excluding carboxylic acids is 3. The van der Waals surface area contributed by atoms with Crippen LogP contribution in [0, 0.1) is 5.92 Å². The highest BCUT2D eigenvalue weighted by atomic mass is 16.5. The minimum absolute atomic E-state index is 0.240. The summed E-state index contributed by atoms with van der Waals surface area (Å²) in [7, 11) is 0. The Kier molecular flexibility index (Phi) is 2.46. The maximum atomic E-state index is 11.5. The number of nitrogens with zero attached hydrogens (tertiary/aromatic N) is 1. The molecule has 2 aliphatic rings. The van der Waals surface area contributed by atoms with E-state index in [0.29, 0.717) is 6.54 Å². The summed E-state index contributed by atoms with van der Waals surface area (Å²) in [6.07, 6.45) is 1.58. The van der Waals surface area contributed by atoms with E-state index in [2.05, 4.69) is 0 Å². The van der Waals surface area contributed by atoms with Gasteiger partial charge < -0.3 is 9.64 Å². The summed E-state index contributed by atoms with van der Waals surface area (Å²) < 4.78 is 4.81. The summed E-state index contributed by atoms with van der Waals surface area (Å²) >= 11 is 0. The zero-order valence-electron chi connectivity index (χ0n) is 8.56. The topological polar surface area (TPSA) is 63.7 Å². The minimum Gasteiger partial charge on any atom is -0.465 e. The van der Waals surface area contributed by atoms with Crippen LogP contribution < -0.4 is 0 Å². The van der Waals surface area contributed by atoms with Gasteiger partial charge in [-0.25, -0.2) is 0 Å². The molecule has 0 aromatic heterocycles. The van der Waals surface area contributed by atoms with Crippen LogP contribution in [0.3, 0.4) is 0 Å². The molecule has 2 fully saturated rings. The number of Topliss-reactive ketones (excluding diaryl/α,β-unsaturated/α-hetero) is 1. The van der Waals surface area contributed by atoms with E-state index in [1.807, 2.05) is 0 Å². The van der Waals surface area contributed by atoms with Crippen LogP contribution in [0.2, 0.25) is 0 Å². The molecule has 0 aromatic rings. The summed E-state index contributed by atoms with van der Waals surface area (Å²) in [5.41, 5.74) is 0. The van der Waals surface area contributed by atoms with Gasteiger partial charge in [0.05, 0.1) is 12.6 Å². The summed E-state index contributed by atoms with van der Waals surface area (Å²) in [4.78, 5) is 36.0. The molecule has 5 heteroatoms. The van der Waals surface area contributed by atoms with Crippen LogP contribution in [-0.2, 0) is 19.1 Å². The number of ether oxygens (including phenoxy) is 1. The van der Waals surface area contributed by atoms with E-state index >= 15 is 0 Å². The molecule has 0 spiro atoms. The molecule has 0 radical (unpaired) electrons. The van der Waals surface area contributed by atoms with Gasteiger partial charge in [0.15, 0.2) is 0 Å². The number of hydrogen-bond donors (Lipinski definition) is 0. The normalized spacial score (nSPS) is 29.5. The second-order valence-electron chi connectivity index (χ2n) is 3.80. The van der Waals surface area contributed by atoms with Crippen molar-refractivity contribution in [3.05, 3.63) is 0 Å². The van der Waals surface area contributed by atoms with Crippen molar-refractivity contribution in [3.63, 3.8) is 0 Å². The molecular formula is C10H13NO4. The van der Waals surface area contributed by atoms with Crippen LogP contribution in [-0.4, -0.2) is 41.8 Å². The van der Waals surface area contributed by atoms with Crippen molar-refractivity contribution in [1.82, 2.24) is 4.90 Å². The predicted octanol–water partition coefficient (Wildman–Crippen LogP) is -0.261. The second kappa shape index (κ2) is 3.64. The molecule has 0 aliphatic carbocycles. The van der Waals surface area contributed by atoms with Gasteiger partial charge in [0.25, 0.3) is 5.91 Å². The summed E-state index contributed by atoms with van der Waals surface area (Å²) in [6.45, 7) is 2.51. The highest BCUT2D eigenvalue weighted by Crippen LogP contribution is 2.32. The Hall–Kier alpha value is -1.39. The van der Waals surface area contributed by atoms with E-state index < -0.39 is 23.6 Å². The van der Waals surface area contributed by atoms with Gasteiger partial charge in [-0.3, -0.25) is 14.4 Å². The van der Waals surface area contributed by atoms with Crippen LogP contribution in [0.1, 0.15) is 19.8 Å². The number of ketones is 1. The first kappa shape index (κ1) is 10.1. The number of rotatable bonds is 2. The van der Waals surface area contributed by atoms with Crippen LogP contribution in [0.4, 0.5) is 0 Å². The molecule has 2 rings (SSSR count). The maximum Gasteiger partial charge on any atom is 0.319 e. The van der Waals surface area contributed by atoms with Gasteiger partial charge >= 0.3 is 5.97 Å². The van der Waals surface area contributed by atoms with Gasteiger partial charge in [-0.15, -0.1) is 0 Å². The summed E-state index contributed by atoms with van der Waals surface area (Å²) in [6, 6.07) is -0.246. The molecule has 15 heavy (non-hydrogen) atoms. The molecule has 2 aliphatic heterocycles. The summed E-state index contributed by atoms with van der Waals surface area (Å²) in [5.74, 6) is -2.54. The Morgan fingerprint density at radius 1 is 1.53 bits per heavy atom. The fourth-order valence-corrected chi connectivity index (χ4v) is 2.34. The molecule has 2 atom stereocenters. The maximum absolute atomic E-state index is 11.5. The third-order valence-electron chi connectivity index (χ3n) is 2.98. The van der Waals surface area contributed by atoms with Gasteiger partial charge in [-0.2, -0.15) is 0 Å². The van der Waals surface area contributed by atoms with Crippen molar-refractivity contribution in [2.24, 2.45) is 5.92 Å². The van der Waals surface area contributed by atoms with Crippen LogP contribution in [0.25, 0.3) is 0 Å². The number of hydrogen-bond acceptors (Lipinski definition) is 4. The zero-order valence-corrected chi connectivity index (χ0v) is 8.56. The number of amides is 1. The molecule has 2 saturated heterocycles. The second-order valence-corrected chi connectivity index (χ2v) is 3.80. The first-order valence-electron chi connectivity index (χ1n) is 5.18. The van der Waals surface area contributed by atoms with E-state index in [4.69, 9.17) is 4.74 Å². The fourth-order valence-electron chi connectivity index (χ4n) is 2.34. The van der Waals surface area contributed by atoms with Crippen LogP contribution in [0.15, 0.2) is 0 Å². The Morgan fingerprint density at radius 3 is 2.93 bits per heavy atom. The molecule has 0 N–H and O–H groups in total. The standard InChI is InChI=1S/C10H13NO4/c1-2-15-10(14)7-6-4-3-5-11(6)9(13)8(7)12/h6-7H,2-5H2,1H3. The lowest BCUT2D eigenvalue weighted by atomic mass is 9.97. The van der Waals surface area contributed by atoms with E-state index in [-0.39, 0.29) is 12.6 Å². The SMILES string of the molecule is CCOC(=O)C1C(=O)C(=O)N2CCCC12. The molecule has 2 heterocycles. The quantitative estimate of drug-likeness (QED) is 0.358. The van der Waals surface area contributed by atoms with Crippen molar-refractivity contribution < 1.29 is 19.1 Å². The monoisotopic (exact) mass is 211 g/mol. The largest absolute Gasteiger partial charge is 0.465 e. The van der Waals surface area contributed by atoms with Crippen molar-refractivity contribution >= 4 is 17.7 Å². The lowest BCUT2D eigenvalue weighted by Crippen LogP contribution is -2.32. The Bertz CT molecular complexity index is 325. The highest BCUT2D eigenvalue weighted by Gasteiger charge is 2.53. The molecule has 0 bridgehead atoms. The first-order valence-corrected chi connectivity index (χ1v) is 5.18. The molecule has 82 valence electrons. The Labute approximate surface area is 87.4 Å². The third-order valence-corrected chi connectivity index (χ3v) is 2.98. The number of fused-ring (bicyclic) bond motifs is 1. The van der Waals surface area contributed by atoms with Gasteiger partial charge in [-0.05, 0) is 19.8 Å². The molecule has 0 saturated carbocycles. The average Bonchev–Trinajstić information content (AvgIpc) is 2.73. The van der Waals surface area contributed by atoms with E-state index in [1.54, 1.807) is 6.92 Å². The predicted molar refractivity (Wildman–Crippen MR) is 49.9 cm³/mol. The van der Waals surface area contributed by atoms with Crippen molar-refractivity contribution in [3.8, 4) is 0 Å². The van der Waals surface area contributed by atoms with Crippen molar-refractivity contribution in [1.29, 1.82) is 0 Å². The molecule has 5 nitrogen and oxygen atoms in total. The summed E-state index contributed by atoms with van der Waals surface area (Å²) in [5, 5.41) is 0. The highest BCUT2D eigenvalue weighted by molar-refractivity contribution is 6.42. The lowest BCUT2D eigenvalue weighted by Gasteiger charge is -2.16. The Balaban J connectivity index is 2.20. The minimum atomic E-state index is -0.875. The van der Waals surface area contributed by atoms with Crippen LogP contribution in [0.5, 0.6) is 0 Å². The van der Waals surface area contributed by atoms with Crippen molar-refractivity contribution in [2.75, 3.05) is 13.2 Å². The number of esters is 1. The first-order chi connectivity index (χ1) is 7.16. The van der Waals surface area contributed by atoms with E-state index in [1.165, 1.54) is 4.90 Å². The Morgan fingerprint density at radius 2 is 2.27 bits per heavy atom.